The fourth-order valence-electron chi connectivity index (χ4n) is 0.833. The number of hydrogen-bond acceptors (Lipinski definition) is 1. The quantitative estimate of drug-likeness (QED) is 0.684. The Balaban J connectivity index is -0.0000000726. The summed E-state index contributed by atoms with van der Waals surface area (Å²) in [5.41, 5.74) is 0. The predicted octanol–water partition coefficient (Wildman–Crippen LogP) is 5.27. The molecule has 0 heterocycles. The van der Waals surface area contributed by atoms with Crippen molar-refractivity contribution < 1.29 is 5.11 Å². The van der Waals surface area contributed by atoms with Crippen molar-refractivity contribution in [2.45, 2.75) is 81.1 Å². The minimum atomic E-state index is 0.365. The SMILES string of the molecule is CC.CC.CCC.CCCC(CC)CO. The Morgan fingerprint density at radius 2 is 1.20 bits per heavy atom. The van der Waals surface area contributed by atoms with Crippen molar-refractivity contribution in [1.82, 2.24) is 0 Å². The maximum absolute atomic E-state index is 8.66. The summed E-state index contributed by atoms with van der Waals surface area (Å²) in [5.74, 6) is 0.556. The van der Waals surface area contributed by atoms with Crippen LogP contribution in [-0.2, 0) is 0 Å². The molecule has 98 valence electrons. The van der Waals surface area contributed by atoms with E-state index in [1.807, 2.05) is 27.7 Å². The fourth-order valence-corrected chi connectivity index (χ4v) is 0.833. The Morgan fingerprint density at radius 3 is 1.27 bits per heavy atom. The van der Waals surface area contributed by atoms with Gasteiger partial charge in [0, 0.05) is 6.61 Å². The average Bonchev–Trinajstić information content (AvgIpc) is 2.32. The van der Waals surface area contributed by atoms with Gasteiger partial charge in [0.1, 0.15) is 0 Å². The van der Waals surface area contributed by atoms with Gasteiger partial charge >= 0.3 is 0 Å². The van der Waals surface area contributed by atoms with Gasteiger partial charge in [-0.2, -0.15) is 0 Å². The molecule has 0 spiro atoms. The molecule has 0 aliphatic carbocycles. The second-order valence-corrected chi connectivity index (χ2v) is 2.95. The maximum Gasteiger partial charge on any atom is 0.0459 e. The summed E-state index contributed by atoms with van der Waals surface area (Å²) in [5, 5.41) is 8.66. The second kappa shape index (κ2) is 37.0. The van der Waals surface area contributed by atoms with Crippen LogP contribution >= 0.6 is 0 Å². The molecule has 0 saturated heterocycles. The normalized spacial score (nSPS) is 9.40. The third-order valence-electron chi connectivity index (χ3n) is 1.53. The average molecular weight is 220 g/mol. The highest BCUT2D eigenvalue weighted by Crippen LogP contribution is 2.08. The van der Waals surface area contributed by atoms with E-state index in [4.69, 9.17) is 5.11 Å². The standard InChI is InChI=1S/C7H16O.C3H8.2C2H6/c1-3-5-7(4-2)6-8;1-3-2;2*1-2/h7-8H,3-6H2,1-2H3;3H2,1-2H3;2*1-2H3. The number of aliphatic hydroxyl groups excluding tert-OH is 1. The molecule has 1 atom stereocenters. The largest absolute Gasteiger partial charge is 0.396 e. The molecule has 0 rings (SSSR count). The minimum absolute atomic E-state index is 0.365. The van der Waals surface area contributed by atoms with Crippen LogP contribution in [0.5, 0.6) is 0 Å². The highest BCUT2D eigenvalue weighted by molar-refractivity contribution is 4.51. The first-order valence-electron chi connectivity index (χ1n) is 6.87. The van der Waals surface area contributed by atoms with Crippen LogP contribution in [0.25, 0.3) is 0 Å². The van der Waals surface area contributed by atoms with Crippen LogP contribution in [-0.4, -0.2) is 11.7 Å². The van der Waals surface area contributed by atoms with Crippen LogP contribution in [0.1, 0.15) is 81.1 Å². The van der Waals surface area contributed by atoms with Crippen LogP contribution < -0.4 is 0 Å². The van der Waals surface area contributed by atoms with Gasteiger partial charge in [0.05, 0.1) is 0 Å². The minimum Gasteiger partial charge on any atom is -0.396 e. The van der Waals surface area contributed by atoms with Crippen molar-refractivity contribution in [3.8, 4) is 0 Å². The molecule has 0 aromatic heterocycles. The number of rotatable bonds is 4. The molecular formula is C14H36O. The van der Waals surface area contributed by atoms with Crippen LogP contribution in [0.15, 0.2) is 0 Å². The molecular weight excluding hydrogens is 184 g/mol. The Hall–Kier alpha value is -0.0400. The van der Waals surface area contributed by atoms with Gasteiger partial charge in [-0.3, -0.25) is 0 Å². The van der Waals surface area contributed by atoms with Crippen LogP contribution in [0, 0.1) is 5.92 Å². The van der Waals surface area contributed by atoms with Crippen LogP contribution in [0.3, 0.4) is 0 Å². The molecule has 1 nitrogen and oxygen atoms in total. The van der Waals surface area contributed by atoms with Gasteiger partial charge in [0.25, 0.3) is 0 Å². The van der Waals surface area contributed by atoms with Crippen LogP contribution in [0.4, 0.5) is 0 Å². The molecule has 1 unspecified atom stereocenters. The molecule has 1 heteroatoms. The zero-order valence-electron chi connectivity index (χ0n) is 12.6. The molecule has 0 aromatic carbocycles. The monoisotopic (exact) mass is 220 g/mol. The van der Waals surface area contributed by atoms with Gasteiger partial charge in [-0.1, -0.05) is 74.7 Å². The Bertz CT molecular complexity index is 49.3. The first-order chi connectivity index (χ1) is 7.26. The summed E-state index contributed by atoms with van der Waals surface area (Å²) in [4.78, 5) is 0. The molecule has 0 saturated carbocycles. The van der Waals surface area contributed by atoms with Gasteiger partial charge in [0.15, 0.2) is 0 Å². The summed E-state index contributed by atoms with van der Waals surface area (Å²) < 4.78 is 0. The van der Waals surface area contributed by atoms with Crippen molar-refractivity contribution in [2.24, 2.45) is 5.92 Å². The topological polar surface area (TPSA) is 20.2 Å². The molecule has 0 amide bonds. The third kappa shape index (κ3) is 41.2. The van der Waals surface area contributed by atoms with Crippen molar-refractivity contribution >= 4 is 0 Å². The molecule has 0 aliphatic heterocycles. The van der Waals surface area contributed by atoms with E-state index in [1.54, 1.807) is 0 Å². The Kier molecular flexibility index (Phi) is 59.9. The summed E-state index contributed by atoms with van der Waals surface area (Å²) in [7, 11) is 0. The summed E-state index contributed by atoms with van der Waals surface area (Å²) >= 11 is 0. The first kappa shape index (κ1) is 24.3. The van der Waals surface area contributed by atoms with Crippen molar-refractivity contribution in [3.05, 3.63) is 0 Å². The summed E-state index contributed by atoms with van der Waals surface area (Å²) in [6, 6.07) is 0. The lowest BCUT2D eigenvalue weighted by Gasteiger charge is -2.07. The van der Waals surface area contributed by atoms with Crippen molar-refractivity contribution in [3.63, 3.8) is 0 Å². The Labute approximate surface area is 99.3 Å². The first-order valence-corrected chi connectivity index (χ1v) is 6.87. The van der Waals surface area contributed by atoms with E-state index in [0.717, 1.165) is 6.42 Å². The lowest BCUT2D eigenvalue weighted by molar-refractivity contribution is 0.214. The zero-order valence-corrected chi connectivity index (χ0v) is 12.6. The van der Waals surface area contributed by atoms with E-state index in [1.165, 1.54) is 19.3 Å². The molecule has 15 heavy (non-hydrogen) atoms. The molecule has 0 aliphatic rings. The van der Waals surface area contributed by atoms with E-state index in [2.05, 4.69) is 27.7 Å². The smallest absolute Gasteiger partial charge is 0.0459 e. The lowest BCUT2D eigenvalue weighted by atomic mass is 10.0. The van der Waals surface area contributed by atoms with Crippen molar-refractivity contribution in [1.29, 1.82) is 0 Å². The highest BCUT2D eigenvalue weighted by atomic mass is 16.3. The number of aliphatic hydroxyl groups is 1. The van der Waals surface area contributed by atoms with Gasteiger partial charge in [0.2, 0.25) is 0 Å². The molecule has 0 aromatic rings. The van der Waals surface area contributed by atoms with E-state index in [-0.39, 0.29) is 0 Å². The van der Waals surface area contributed by atoms with Gasteiger partial charge < -0.3 is 5.11 Å². The fraction of sp³-hybridized carbons (Fsp3) is 1.00. The van der Waals surface area contributed by atoms with E-state index >= 15 is 0 Å². The highest BCUT2D eigenvalue weighted by Gasteiger charge is 2.00. The molecule has 0 fully saturated rings. The second-order valence-electron chi connectivity index (χ2n) is 2.95. The van der Waals surface area contributed by atoms with Crippen molar-refractivity contribution in [2.75, 3.05) is 6.61 Å². The van der Waals surface area contributed by atoms with Gasteiger partial charge in [-0.15, -0.1) is 0 Å². The maximum atomic E-state index is 8.66. The van der Waals surface area contributed by atoms with Gasteiger partial charge in [-0.25, -0.2) is 0 Å². The van der Waals surface area contributed by atoms with E-state index in [9.17, 15) is 0 Å². The predicted molar refractivity (Wildman–Crippen MR) is 74.4 cm³/mol. The van der Waals surface area contributed by atoms with E-state index in [0.29, 0.717) is 12.5 Å². The lowest BCUT2D eigenvalue weighted by Crippen LogP contribution is -2.02. The van der Waals surface area contributed by atoms with E-state index < -0.39 is 0 Å². The van der Waals surface area contributed by atoms with Gasteiger partial charge in [-0.05, 0) is 12.3 Å². The summed E-state index contributed by atoms with van der Waals surface area (Å²) in [6.45, 7) is 16.9. The van der Waals surface area contributed by atoms with Crippen LogP contribution in [0.2, 0.25) is 0 Å². The Morgan fingerprint density at radius 1 is 0.867 bits per heavy atom. The molecule has 1 N–H and O–H groups in total. The molecule has 0 bridgehead atoms. The molecule has 0 radical (unpaired) electrons. The third-order valence-corrected chi connectivity index (χ3v) is 1.53. The zero-order chi connectivity index (χ0) is 13.1. The number of hydrogen-bond donors (Lipinski definition) is 1. The summed E-state index contributed by atoms with van der Waals surface area (Å²) in [6.07, 6.45) is 4.73.